The second-order valence-electron chi connectivity index (χ2n) is 11.3. The molecule has 16 heteroatoms. The lowest BCUT2D eigenvalue weighted by Gasteiger charge is -2.41. The molecule has 0 bridgehead atoms. The fourth-order valence-electron chi connectivity index (χ4n) is 5.21. The van der Waals surface area contributed by atoms with E-state index in [-0.39, 0.29) is 22.3 Å². The van der Waals surface area contributed by atoms with Crippen molar-refractivity contribution in [2.75, 3.05) is 6.61 Å². The molecular weight excluding hydrogens is 682 g/mol. The van der Waals surface area contributed by atoms with Gasteiger partial charge in [0.25, 0.3) is 0 Å². The van der Waals surface area contributed by atoms with Crippen molar-refractivity contribution in [2.45, 2.75) is 30.7 Å². The number of halogens is 2. The van der Waals surface area contributed by atoms with Crippen LogP contribution in [0.2, 0.25) is 0 Å². The first-order valence-corrected chi connectivity index (χ1v) is 14.9. The molecule has 1 aliphatic heterocycles. The third-order valence-corrected chi connectivity index (χ3v) is 7.82. The first-order valence-electron chi connectivity index (χ1n) is 14.9. The van der Waals surface area contributed by atoms with Crippen molar-refractivity contribution in [3.05, 3.63) is 112 Å². The number of rotatable bonds is 8. The summed E-state index contributed by atoms with van der Waals surface area (Å²) in [6, 6.07) is 13.4. The number of aromatic hydroxyl groups is 4. The number of hydrogen-bond donors (Lipinski definition) is 6. The molecular formula is C35H26F2O14. The molecule has 0 amide bonds. The molecule has 14 nitrogen and oxygen atoms in total. The molecule has 1 aromatic heterocycles. The fourth-order valence-corrected chi connectivity index (χ4v) is 5.21. The summed E-state index contributed by atoms with van der Waals surface area (Å²) in [6.45, 7) is -0.752. The Kier molecular flexibility index (Phi) is 9.47. The second-order valence-corrected chi connectivity index (χ2v) is 11.3. The third-order valence-electron chi connectivity index (χ3n) is 7.82. The summed E-state index contributed by atoms with van der Waals surface area (Å²) >= 11 is 0. The molecule has 6 N–H and O–H groups in total. The Bertz CT molecular complexity index is 2170. The minimum absolute atomic E-state index is 0.0671. The van der Waals surface area contributed by atoms with E-state index in [0.717, 1.165) is 72.8 Å². The minimum Gasteiger partial charge on any atom is -0.508 e. The molecule has 0 unspecified atom stereocenters. The molecule has 51 heavy (non-hydrogen) atoms. The van der Waals surface area contributed by atoms with E-state index >= 15 is 0 Å². The zero-order valence-electron chi connectivity index (χ0n) is 25.8. The van der Waals surface area contributed by atoms with Crippen LogP contribution in [-0.4, -0.2) is 79.9 Å². The van der Waals surface area contributed by atoms with Crippen LogP contribution in [0.3, 0.4) is 0 Å². The Morgan fingerprint density at radius 2 is 1.37 bits per heavy atom. The number of esters is 2. The molecule has 5 atom stereocenters. The van der Waals surface area contributed by atoms with E-state index < -0.39 is 106 Å². The topological polar surface area (TPSA) is 223 Å². The van der Waals surface area contributed by atoms with Gasteiger partial charge < -0.3 is 54.0 Å². The molecule has 2 heterocycles. The van der Waals surface area contributed by atoms with E-state index in [9.17, 15) is 53.8 Å². The molecule has 264 valence electrons. The summed E-state index contributed by atoms with van der Waals surface area (Å²) in [4.78, 5) is 39.7. The molecule has 0 aliphatic carbocycles. The SMILES string of the molecule is O=C(OC[C@H]1O[C@@H](Oc2c(-c3ccc(O)c(O)c3)oc3cc(O)cc(O)c3c2=O)[C@H](OC(=O)c2ccc(F)cc2)[C@@H](O)[C@H]1O)c1ccc(F)cc1. The average molecular weight is 709 g/mol. The van der Waals surface area contributed by atoms with Crippen molar-refractivity contribution in [3.63, 3.8) is 0 Å². The lowest BCUT2D eigenvalue weighted by Crippen LogP contribution is -2.61. The molecule has 0 radical (unpaired) electrons. The van der Waals surface area contributed by atoms with Crippen molar-refractivity contribution < 1.29 is 72.4 Å². The number of ether oxygens (including phenoxy) is 4. The highest BCUT2D eigenvalue weighted by Crippen LogP contribution is 2.39. The highest BCUT2D eigenvalue weighted by Gasteiger charge is 2.49. The molecule has 0 saturated carbocycles. The first kappa shape index (κ1) is 34.6. The maximum Gasteiger partial charge on any atom is 0.338 e. The van der Waals surface area contributed by atoms with Crippen LogP contribution in [0.15, 0.2) is 88.1 Å². The maximum atomic E-state index is 13.9. The van der Waals surface area contributed by atoms with Crippen molar-refractivity contribution in [1.29, 1.82) is 0 Å². The lowest BCUT2D eigenvalue weighted by atomic mass is 9.98. The van der Waals surface area contributed by atoms with Gasteiger partial charge in [0.2, 0.25) is 17.5 Å². The van der Waals surface area contributed by atoms with Gasteiger partial charge in [0.1, 0.15) is 59.0 Å². The summed E-state index contributed by atoms with van der Waals surface area (Å²) in [5, 5.41) is 62.4. The molecule has 0 spiro atoms. The second kappa shape index (κ2) is 13.9. The summed E-state index contributed by atoms with van der Waals surface area (Å²) < 4.78 is 55.1. The lowest BCUT2D eigenvalue weighted by molar-refractivity contribution is -0.276. The molecule has 5 aromatic rings. The standard InChI is InChI=1S/C35H26F2O14/c36-18-6-1-15(2-7-18)33(45)47-14-25-27(42)29(44)32(50-34(46)16-3-8-19(37)9-4-16)35(49-25)51-31-28(43)26-23(41)12-20(38)13-24(26)48-30(31)17-5-10-21(39)22(40)11-17/h1-13,25,27,29,32,35,38-42,44H,14H2/t25-,27+,29+,32-,35+/m1/s1. The van der Waals surface area contributed by atoms with Crippen molar-refractivity contribution in [1.82, 2.24) is 0 Å². The number of fused-ring (bicyclic) bond motifs is 1. The van der Waals surface area contributed by atoms with Crippen LogP contribution in [0.4, 0.5) is 8.78 Å². The summed E-state index contributed by atoms with van der Waals surface area (Å²) in [5.74, 6) is -7.07. The number of benzene rings is 4. The van der Waals surface area contributed by atoms with Crippen LogP contribution in [0.25, 0.3) is 22.3 Å². The van der Waals surface area contributed by atoms with Gasteiger partial charge in [-0.15, -0.1) is 0 Å². The average Bonchev–Trinajstić information content (AvgIpc) is 3.09. The van der Waals surface area contributed by atoms with Crippen LogP contribution < -0.4 is 10.2 Å². The summed E-state index contributed by atoms with van der Waals surface area (Å²) in [7, 11) is 0. The highest BCUT2D eigenvalue weighted by molar-refractivity contribution is 5.90. The van der Waals surface area contributed by atoms with Crippen LogP contribution in [0, 0.1) is 11.6 Å². The van der Waals surface area contributed by atoms with Crippen molar-refractivity contribution >= 4 is 22.9 Å². The van der Waals surface area contributed by atoms with Gasteiger partial charge in [-0.25, -0.2) is 18.4 Å². The molecule has 1 saturated heterocycles. The predicted octanol–water partition coefficient (Wildman–Crippen LogP) is 3.47. The monoisotopic (exact) mass is 708 g/mol. The van der Waals surface area contributed by atoms with Gasteiger partial charge in [-0.1, -0.05) is 0 Å². The van der Waals surface area contributed by atoms with Gasteiger partial charge in [0.05, 0.1) is 11.1 Å². The number of aliphatic hydroxyl groups is 2. The number of phenolic OH excluding ortho intramolecular Hbond substituents is 4. The zero-order chi connectivity index (χ0) is 36.6. The van der Waals surface area contributed by atoms with Gasteiger partial charge in [-0.05, 0) is 66.7 Å². The molecule has 4 aromatic carbocycles. The Balaban J connectivity index is 1.41. The normalized spacial score (nSPS) is 20.1. The molecule has 1 fully saturated rings. The maximum absolute atomic E-state index is 13.9. The fraction of sp³-hybridized carbons (Fsp3) is 0.171. The van der Waals surface area contributed by atoms with Gasteiger partial charge in [0.15, 0.2) is 23.4 Å². The quantitative estimate of drug-likeness (QED) is 0.100. The largest absolute Gasteiger partial charge is 0.508 e. The molecule has 6 rings (SSSR count). The predicted molar refractivity (Wildman–Crippen MR) is 168 cm³/mol. The van der Waals surface area contributed by atoms with Crippen LogP contribution in [-0.2, 0) is 14.2 Å². The highest BCUT2D eigenvalue weighted by atomic mass is 19.1. The number of hydrogen-bond acceptors (Lipinski definition) is 14. The van der Waals surface area contributed by atoms with Gasteiger partial charge in [0, 0.05) is 17.7 Å². The van der Waals surface area contributed by atoms with Gasteiger partial charge >= 0.3 is 11.9 Å². The van der Waals surface area contributed by atoms with Crippen molar-refractivity contribution in [3.8, 4) is 40.1 Å². The summed E-state index contributed by atoms with van der Waals surface area (Å²) in [6.07, 6.45) is -9.57. The third kappa shape index (κ3) is 7.09. The first-order chi connectivity index (χ1) is 24.3. The van der Waals surface area contributed by atoms with Gasteiger partial charge in [-0.3, -0.25) is 4.79 Å². The van der Waals surface area contributed by atoms with Crippen molar-refractivity contribution in [2.24, 2.45) is 0 Å². The number of phenols is 4. The van der Waals surface area contributed by atoms with E-state index in [2.05, 4.69) is 0 Å². The van der Waals surface area contributed by atoms with E-state index in [1.807, 2.05) is 0 Å². The van der Waals surface area contributed by atoms with Crippen LogP contribution in [0.5, 0.6) is 28.7 Å². The smallest absolute Gasteiger partial charge is 0.338 e. The Morgan fingerprint density at radius 1 is 0.745 bits per heavy atom. The van der Waals surface area contributed by atoms with Crippen LogP contribution >= 0.6 is 0 Å². The van der Waals surface area contributed by atoms with Gasteiger partial charge in [-0.2, -0.15) is 0 Å². The number of aliphatic hydroxyl groups excluding tert-OH is 2. The van der Waals surface area contributed by atoms with E-state index in [1.165, 1.54) is 6.07 Å². The van der Waals surface area contributed by atoms with E-state index in [1.54, 1.807) is 0 Å². The zero-order valence-corrected chi connectivity index (χ0v) is 25.8. The number of carbonyl (C=O) groups is 2. The summed E-state index contributed by atoms with van der Waals surface area (Å²) in [5.41, 5.74) is -1.80. The van der Waals surface area contributed by atoms with E-state index in [0.29, 0.717) is 0 Å². The Labute approximate surface area is 284 Å². The van der Waals surface area contributed by atoms with E-state index in [4.69, 9.17) is 23.4 Å². The number of carbonyl (C=O) groups excluding carboxylic acids is 2. The Hall–Kier alpha value is -6.23. The molecule has 1 aliphatic rings. The van der Waals surface area contributed by atoms with Crippen LogP contribution in [0.1, 0.15) is 20.7 Å². The Morgan fingerprint density at radius 3 is 2.00 bits per heavy atom. The minimum atomic E-state index is -2.05.